The van der Waals surface area contributed by atoms with Gasteiger partial charge < -0.3 is 5.73 Å². The Hall–Kier alpha value is -1.36. The van der Waals surface area contributed by atoms with Gasteiger partial charge in [0.15, 0.2) is 0 Å². The molecule has 0 radical (unpaired) electrons. The van der Waals surface area contributed by atoms with E-state index >= 15 is 0 Å². The van der Waals surface area contributed by atoms with Crippen LogP contribution in [0.4, 0.5) is 0 Å². The first-order valence-electron chi connectivity index (χ1n) is 5.29. The number of nitrogens with two attached hydrogens (primary N) is 1. The molecule has 4 nitrogen and oxygen atoms in total. The zero-order chi connectivity index (χ0) is 13.3. The lowest BCUT2D eigenvalue weighted by Gasteiger charge is -2.08. The van der Waals surface area contributed by atoms with Crippen LogP contribution in [0.5, 0.6) is 0 Å². The van der Waals surface area contributed by atoms with Gasteiger partial charge in [-0.1, -0.05) is 23.2 Å². The first-order chi connectivity index (χ1) is 8.49. The maximum absolute atomic E-state index is 11.5. The Kier molecular flexibility index (Phi) is 3.71. The topological polar surface area (TPSA) is 71.8 Å². The van der Waals surface area contributed by atoms with Gasteiger partial charge in [-0.15, -0.1) is 0 Å². The Morgan fingerprint density at radius 1 is 1.33 bits per heavy atom. The summed E-state index contributed by atoms with van der Waals surface area (Å²) in [6.45, 7) is 1.73. The lowest BCUT2D eigenvalue weighted by atomic mass is 10.1. The first kappa shape index (κ1) is 13.1. The summed E-state index contributed by atoms with van der Waals surface area (Å²) in [5, 5.41) is 7.39. The van der Waals surface area contributed by atoms with Crippen molar-refractivity contribution in [1.29, 1.82) is 0 Å². The van der Waals surface area contributed by atoms with E-state index in [9.17, 15) is 4.79 Å². The third-order valence-corrected chi connectivity index (χ3v) is 3.08. The Bertz CT molecular complexity index is 637. The van der Waals surface area contributed by atoms with Gasteiger partial charge in [0.05, 0.1) is 10.7 Å². The molecule has 0 aliphatic rings. The standard InChI is InChI=1S/C12H11Cl2N3O/c1-6(15)9-5-11(16-17-12(9)18)8-3-2-7(13)4-10(8)14/h2-6H,15H2,1H3,(H,17,18). The molecule has 6 heteroatoms. The van der Waals surface area contributed by atoms with Crippen LogP contribution in [0, 0.1) is 0 Å². The van der Waals surface area contributed by atoms with Gasteiger partial charge in [-0.3, -0.25) is 4.79 Å². The van der Waals surface area contributed by atoms with E-state index in [1.165, 1.54) is 0 Å². The molecule has 1 aromatic heterocycles. The van der Waals surface area contributed by atoms with Gasteiger partial charge in [0, 0.05) is 22.2 Å². The van der Waals surface area contributed by atoms with Crippen LogP contribution < -0.4 is 11.3 Å². The summed E-state index contributed by atoms with van der Waals surface area (Å²) in [6, 6.07) is 6.34. The minimum Gasteiger partial charge on any atom is -0.324 e. The molecule has 0 spiro atoms. The molecule has 2 aromatic rings. The van der Waals surface area contributed by atoms with Crippen molar-refractivity contribution < 1.29 is 0 Å². The highest BCUT2D eigenvalue weighted by molar-refractivity contribution is 6.36. The van der Waals surface area contributed by atoms with Crippen LogP contribution >= 0.6 is 23.2 Å². The van der Waals surface area contributed by atoms with E-state index in [0.717, 1.165) is 0 Å². The molecule has 2 rings (SSSR count). The van der Waals surface area contributed by atoms with Crippen molar-refractivity contribution in [2.45, 2.75) is 13.0 Å². The van der Waals surface area contributed by atoms with E-state index in [0.29, 0.717) is 26.9 Å². The average molecular weight is 284 g/mol. The van der Waals surface area contributed by atoms with Crippen molar-refractivity contribution in [2.75, 3.05) is 0 Å². The fourth-order valence-electron chi connectivity index (χ4n) is 1.59. The number of H-pyrrole nitrogens is 1. The van der Waals surface area contributed by atoms with Crippen molar-refractivity contribution in [2.24, 2.45) is 5.73 Å². The normalized spacial score (nSPS) is 12.4. The number of rotatable bonds is 2. The van der Waals surface area contributed by atoms with Crippen molar-refractivity contribution in [3.05, 3.63) is 50.2 Å². The van der Waals surface area contributed by atoms with Gasteiger partial charge in [-0.05, 0) is 31.2 Å². The Morgan fingerprint density at radius 3 is 2.67 bits per heavy atom. The molecule has 18 heavy (non-hydrogen) atoms. The second-order valence-corrected chi connectivity index (χ2v) is 4.79. The lowest BCUT2D eigenvalue weighted by Crippen LogP contribution is -2.20. The summed E-state index contributed by atoms with van der Waals surface area (Å²) < 4.78 is 0. The monoisotopic (exact) mass is 283 g/mol. The maximum Gasteiger partial charge on any atom is 0.268 e. The molecule has 0 amide bonds. The molecule has 94 valence electrons. The fourth-order valence-corrected chi connectivity index (χ4v) is 2.10. The number of nitrogens with zero attached hydrogens (tertiary/aromatic N) is 1. The Morgan fingerprint density at radius 2 is 2.06 bits per heavy atom. The Balaban J connectivity index is 2.58. The minimum absolute atomic E-state index is 0.293. The molecule has 0 fully saturated rings. The van der Waals surface area contributed by atoms with Gasteiger partial charge in [0.25, 0.3) is 5.56 Å². The minimum atomic E-state index is -0.374. The van der Waals surface area contributed by atoms with Gasteiger partial charge in [-0.25, -0.2) is 5.10 Å². The third-order valence-electron chi connectivity index (χ3n) is 2.53. The van der Waals surface area contributed by atoms with Crippen LogP contribution in [0.15, 0.2) is 29.1 Å². The second-order valence-electron chi connectivity index (χ2n) is 3.95. The van der Waals surface area contributed by atoms with Crippen molar-refractivity contribution >= 4 is 23.2 Å². The van der Waals surface area contributed by atoms with Crippen molar-refractivity contribution in [3.63, 3.8) is 0 Å². The van der Waals surface area contributed by atoms with Gasteiger partial charge in [-0.2, -0.15) is 5.10 Å². The summed E-state index contributed by atoms with van der Waals surface area (Å²) >= 11 is 11.9. The number of nitrogens with one attached hydrogen (secondary N) is 1. The van der Waals surface area contributed by atoms with E-state index in [2.05, 4.69) is 10.2 Å². The highest BCUT2D eigenvalue weighted by Gasteiger charge is 2.11. The quantitative estimate of drug-likeness (QED) is 0.890. The SMILES string of the molecule is CC(N)c1cc(-c2ccc(Cl)cc2Cl)n[nH]c1=O. The Labute approximate surface area is 114 Å². The number of halogens is 2. The van der Waals surface area contributed by atoms with E-state index in [1.54, 1.807) is 31.2 Å². The number of hydrogen-bond acceptors (Lipinski definition) is 3. The van der Waals surface area contributed by atoms with E-state index in [-0.39, 0.29) is 11.6 Å². The second kappa shape index (κ2) is 5.10. The van der Waals surface area contributed by atoms with E-state index in [4.69, 9.17) is 28.9 Å². The maximum atomic E-state index is 11.5. The molecule has 0 aliphatic heterocycles. The summed E-state index contributed by atoms with van der Waals surface area (Å²) in [6.07, 6.45) is 0. The highest BCUT2D eigenvalue weighted by Crippen LogP contribution is 2.29. The number of aromatic nitrogens is 2. The molecule has 0 aliphatic carbocycles. The van der Waals surface area contributed by atoms with Crippen LogP contribution in [0.3, 0.4) is 0 Å². The fraction of sp³-hybridized carbons (Fsp3) is 0.167. The molecule has 1 aromatic carbocycles. The van der Waals surface area contributed by atoms with Crippen molar-refractivity contribution in [1.82, 2.24) is 10.2 Å². The lowest BCUT2D eigenvalue weighted by molar-refractivity contribution is 0.785. The molecule has 1 heterocycles. The number of benzene rings is 1. The number of hydrogen-bond donors (Lipinski definition) is 2. The largest absolute Gasteiger partial charge is 0.324 e. The van der Waals surface area contributed by atoms with Crippen molar-refractivity contribution in [3.8, 4) is 11.3 Å². The molecular formula is C12H11Cl2N3O. The number of aromatic amines is 1. The van der Waals surface area contributed by atoms with Crippen LogP contribution in [0.1, 0.15) is 18.5 Å². The van der Waals surface area contributed by atoms with Crippen LogP contribution in [-0.2, 0) is 0 Å². The van der Waals surface area contributed by atoms with Crippen LogP contribution in [-0.4, -0.2) is 10.2 Å². The summed E-state index contributed by atoms with van der Waals surface area (Å²) in [5.41, 5.74) is 7.15. The molecule has 0 saturated heterocycles. The first-order valence-corrected chi connectivity index (χ1v) is 6.05. The summed E-state index contributed by atoms with van der Waals surface area (Å²) in [7, 11) is 0. The van der Waals surface area contributed by atoms with E-state index in [1.807, 2.05) is 0 Å². The van der Waals surface area contributed by atoms with Gasteiger partial charge >= 0.3 is 0 Å². The van der Waals surface area contributed by atoms with Crippen LogP contribution in [0.2, 0.25) is 10.0 Å². The molecule has 0 bridgehead atoms. The zero-order valence-corrected chi connectivity index (χ0v) is 11.1. The molecule has 0 saturated carbocycles. The van der Waals surface area contributed by atoms with Gasteiger partial charge in [0.2, 0.25) is 0 Å². The highest BCUT2D eigenvalue weighted by atomic mass is 35.5. The average Bonchev–Trinajstić information content (AvgIpc) is 2.30. The third kappa shape index (κ3) is 2.56. The summed E-state index contributed by atoms with van der Waals surface area (Å²) in [5.74, 6) is 0. The smallest absolute Gasteiger partial charge is 0.268 e. The zero-order valence-electron chi connectivity index (χ0n) is 9.58. The molecule has 3 N–H and O–H groups in total. The predicted molar refractivity (Wildman–Crippen MR) is 72.9 cm³/mol. The predicted octanol–water partition coefficient (Wildman–Crippen LogP) is 2.76. The summed E-state index contributed by atoms with van der Waals surface area (Å²) in [4.78, 5) is 11.5. The van der Waals surface area contributed by atoms with Crippen LogP contribution in [0.25, 0.3) is 11.3 Å². The van der Waals surface area contributed by atoms with Gasteiger partial charge in [0.1, 0.15) is 0 Å². The molecule has 1 unspecified atom stereocenters. The van der Waals surface area contributed by atoms with E-state index < -0.39 is 0 Å². The molecule has 1 atom stereocenters. The molecular weight excluding hydrogens is 273 g/mol.